The molecule has 0 aliphatic heterocycles. The van der Waals surface area contributed by atoms with Gasteiger partial charge in [0.2, 0.25) is 5.88 Å². The van der Waals surface area contributed by atoms with Crippen molar-refractivity contribution in [2.75, 3.05) is 20.3 Å². The normalized spacial score (nSPS) is 9.88. The van der Waals surface area contributed by atoms with Crippen LogP contribution in [0.25, 0.3) is 0 Å². The predicted octanol–water partition coefficient (Wildman–Crippen LogP) is 0.726. The lowest BCUT2D eigenvalue weighted by molar-refractivity contribution is -0.386. The molecule has 0 spiro atoms. The lowest BCUT2D eigenvalue weighted by Gasteiger charge is -2.06. The van der Waals surface area contributed by atoms with Crippen molar-refractivity contribution in [1.82, 2.24) is 4.98 Å². The van der Waals surface area contributed by atoms with Crippen LogP contribution in [0.15, 0.2) is 12.1 Å². The van der Waals surface area contributed by atoms with Gasteiger partial charge in [-0.2, -0.15) is 4.98 Å². The van der Waals surface area contributed by atoms with Gasteiger partial charge in [-0.3, -0.25) is 10.1 Å². The van der Waals surface area contributed by atoms with Crippen molar-refractivity contribution < 1.29 is 14.4 Å². The molecule has 0 amide bonds. The standard InChI is InChI=1S/C9H13N3O4/c1-15-8-4-3-7(12(13)14)9(11-8)16-6-2-5-10/h3-4H,2,5-6,10H2,1H3. The van der Waals surface area contributed by atoms with Crippen molar-refractivity contribution in [2.45, 2.75) is 6.42 Å². The molecule has 0 saturated heterocycles. The first-order valence-corrected chi connectivity index (χ1v) is 4.71. The first kappa shape index (κ1) is 12.2. The van der Waals surface area contributed by atoms with Crippen molar-refractivity contribution >= 4 is 5.69 Å². The molecule has 0 unspecified atom stereocenters. The third kappa shape index (κ3) is 3.06. The number of aromatic nitrogens is 1. The lowest BCUT2D eigenvalue weighted by atomic mass is 10.4. The smallest absolute Gasteiger partial charge is 0.331 e. The maximum absolute atomic E-state index is 10.7. The molecular weight excluding hydrogens is 214 g/mol. The highest BCUT2D eigenvalue weighted by Crippen LogP contribution is 2.26. The van der Waals surface area contributed by atoms with Crippen molar-refractivity contribution in [1.29, 1.82) is 0 Å². The lowest BCUT2D eigenvalue weighted by Crippen LogP contribution is -2.08. The Labute approximate surface area is 92.3 Å². The Balaban J connectivity index is 2.87. The molecule has 1 aromatic rings. The fourth-order valence-electron chi connectivity index (χ4n) is 1.03. The Morgan fingerprint density at radius 2 is 2.31 bits per heavy atom. The molecule has 7 nitrogen and oxygen atoms in total. The molecule has 0 aliphatic rings. The molecule has 1 rings (SSSR count). The number of rotatable bonds is 6. The summed E-state index contributed by atoms with van der Waals surface area (Å²) < 4.78 is 10.0. The Bertz CT molecular complexity index is 370. The van der Waals surface area contributed by atoms with E-state index in [1.54, 1.807) is 0 Å². The fourth-order valence-corrected chi connectivity index (χ4v) is 1.03. The van der Waals surface area contributed by atoms with Gasteiger partial charge in [0.05, 0.1) is 18.6 Å². The number of methoxy groups -OCH3 is 1. The summed E-state index contributed by atoms with van der Waals surface area (Å²) in [7, 11) is 1.43. The van der Waals surface area contributed by atoms with E-state index in [0.717, 1.165) is 0 Å². The summed E-state index contributed by atoms with van der Waals surface area (Å²) >= 11 is 0. The average Bonchev–Trinajstić information content (AvgIpc) is 2.29. The summed E-state index contributed by atoms with van der Waals surface area (Å²) in [4.78, 5) is 14.0. The number of ether oxygens (including phenoxy) is 2. The maximum atomic E-state index is 10.7. The quantitative estimate of drug-likeness (QED) is 0.436. The molecule has 0 saturated carbocycles. The number of pyridine rings is 1. The molecular formula is C9H13N3O4. The van der Waals surface area contributed by atoms with E-state index >= 15 is 0 Å². The molecule has 0 fully saturated rings. The molecule has 2 N–H and O–H groups in total. The van der Waals surface area contributed by atoms with E-state index in [2.05, 4.69) is 4.98 Å². The van der Waals surface area contributed by atoms with Gasteiger partial charge < -0.3 is 15.2 Å². The highest BCUT2D eigenvalue weighted by Gasteiger charge is 2.17. The minimum absolute atomic E-state index is 0.0437. The van der Waals surface area contributed by atoms with E-state index in [4.69, 9.17) is 15.2 Å². The average molecular weight is 227 g/mol. The van der Waals surface area contributed by atoms with Gasteiger partial charge in [-0.25, -0.2) is 0 Å². The van der Waals surface area contributed by atoms with Gasteiger partial charge >= 0.3 is 5.69 Å². The molecule has 1 heterocycles. The van der Waals surface area contributed by atoms with Crippen LogP contribution in [0.2, 0.25) is 0 Å². The second kappa shape index (κ2) is 5.86. The third-order valence-corrected chi connectivity index (χ3v) is 1.81. The van der Waals surface area contributed by atoms with E-state index in [1.807, 2.05) is 0 Å². The summed E-state index contributed by atoms with van der Waals surface area (Å²) in [5.41, 5.74) is 5.11. The van der Waals surface area contributed by atoms with Crippen LogP contribution in [0.5, 0.6) is 11.8 Å². The van der Waals surface area contributed by atoms with Gasteiger partial charge in [-0.05, 0) is 13.0 Å². The topological polar surface area (TPSA) is 101 Å². The van der Waals surface area contributed by atoms with Crippen molar-refractivity contribution in [2.24, 2.45) is 5.73 Å². The van der Waals surface area contributed by atoms with Crippen LogP contribution < -0.4 is 15.2 Å². The van der Waals surface area contributed by atoms with E-state index in [-0.39, 0.29) is 24.1 Å². The fraction of sp³-hybridized carbons (Fsp3) is 0.444. The zero-order chi connectivity index (χ0) is 12.0. The van der Waals surface area contributed by atoms with Crippen molar-refractivity contribution in [3.8, 4) is 11.8 Å². The minimum atomic E-state index is -0.551. The maximum Gasteiger partial charge on any atom is 0.331 e. The van der Waals surface area contributed by atoms with Gasteiger partial charge in [-0.1, -0.05) is 0 Å². The summed E-state index contributed by atoms with van der Waals surface area (Å²) in [5.74, 6) is 0.228. The molecule has 0 atom stereocenters. The molecule has 7 heteroatoms. The first-order valence-electron chi connectivity index (χ1n) is 4.71. The number of nitro groups is 1. The molecule has 0 aromatic carbocycles. The van der Waals surface area contributed by atoms with Gasteiger partial charge in [-0.15, -0.1) is 0 Å². The Hall–Kier alpha value is -1.89. The van der Waals surface area contributed by atoms with Crippen LogP contribution in [0.1, 0.15) is 6.42 Å². The number of hydrogen-bond donors (Lipinski definition) is 1. The second-order valence-corrected chi connectivity index (χ2v) is 2.93. The van der Waals surface area contributed by atoms with Crippen LogP contribution in [0, 0.1) is 10.1 Å². The molecule has 1 aromatic heterocycles. The highest BCUT2D eigenvalue weighted by atomic mass is 16.6. The second-order valence-electron chi connectivity index (χ2n) is 2.93. The van der Waals surface area contributed by atoms with Gasteiger partial charge in [0, 0.05) is 12.1 Å². The zero-order valence-corrected chi connectivity index (χ0v) is 8.88. The van der Waals surface area contributed by atoms with Crippen LogP contribution in [-0.2, 0) is 0 Å². The minimum Gasteiger partial charge on any atom is -0.481 e. The number of nitrogens with two attached hydrogens (primary N) is 1. The monoisotopic (exact) mass is 227 g/mol. The van der Waals surface area contributed by atoms with Crippen LogP contribution >= 0.6 is 0 Å². The molecule has 88 valence electrons. The van der Waals surface area contributed by atoms with E-state index < -0.39 is 4.92 Å². The SMILES string of the molecule is COc1ccc([N+](=O)[O-])c(OCCCN)n1. The van der Waals surface area contributed by atoms with E-state index in [9.17, 15) is 10.1 Å². The summed E-state index contributed by atoms with van der Waals surface area (Å²) in [6, 6.07) is 2.71. The highest BCUT2D eigenvalue weighted by molar-refractivity contribution is 5.42. The summed E-state index contributed by atoms with van der Waals surface area (Å²) in [6.45, 7) is 0.745. The Morgan fingerprint density at radius 3 is 2.88 bits per heavy atom. The van der Waals surface area contributed by atoms with Crippen LogP contribution in [0.3, 0.4) is 0 Å². The molecule has 0 radical (unpaired) electrons. The summed E-state index contributed by atoms with van der Waals surface area (Å²) in [6.07, 6.45) is 0.607. The van der Waals surface area contributed by atoms with Crippen molar-refractivity contribution in [3.63, 3.8) is 0 Å². The predicted molar refractivity (Wildman–Crippen MR) is 56.6 cm³/mol. The number of hydrogen-bond acceptors (Lipinski definition) is 6. The van der Waals surface area contributed by atoms with Crippen molar-refractivity contribution in [3.05, 3.63) is 22.2 Å². The Morgan fingerprint density at radius 1 is 1.56 bits per heavy atom. The van der Waals surface area contributed by atoms with Gasteiger partial charge in [0.1, 0.15) is 0 Å². The van der Waals surface area contributed by atoms with Gasteiger partial charge in [0.25, 0.3) is 5.88 Å². The van der Waals surface area contributed by atoms with E-state index in [0.29, 0.717) is 13.0 Å². The van der Waals surface area contributed by atoms with Crippen LogP contribution in [-0.4, -0.2) is 30.2 Å². The first-order chi connectivity index (χ1) is 7.69. The number of nitrogens with zero attached hydrogens (tertiary/aromatic N) is 2. The van der Waals surface area contributed by atoms with Gasteiger partial charge in [0.15, 0.2) is 0 Å². The zero-order valence-electron chi connectivity index (χ0n) is 8.88. The largest absolute Gasteiger partial charge is 0.481 e. The third-order valence-electron chi connectivity index (χ3n) is 1.81. The van der Waals surface area contributed by atoms with Crippen LogP contribution in [0.4, 0.5) is 5.69 Å². The Kier molecular flexibility index (Phi) is 4.46. The molecule has 0 bridgehead atoms. The molecule has 16 heavy (non-hydrogen) atoms. The molecule has 0 aliphatic carbocycles. The summed E-state index contributed by atoms with van der Waals surface area (Å²) in [5, 5.41) is 10.7. The van der Waals surface area contributed by atoms with E-state index in [1.165, 1.54) is 19.2 Å².